The Balaban J connectivity index is 2.01. The maximum absolute atomic E-state index is 5.38. The number of nitrogens with zero attached hydrogens (tertiary/aromatic N) is 2. The van der Waals surface area contributed by atoms with Gasteiger partial charge in [-0.3, -0.25) is 0 Å². The van der Waals surface area contributed by atoms with E-state index in [-0.39, 0.29) is 0 Å². The van der Waals surface area contributed by atoms with Crippen molar-refractivity contribution in [3.63, 3.8) is 0 Å². The standard InChI is InChI=1S/C13H21N3O2/c1-9-8-12(16-13(14-9)17-3)15-10(2)11-4-6-18-7-5-11/h8,10-11H,4-7H2,1-3H3,(H,14,15,16). The number of anilines is 1. The van der Waals surface area contributed by atoms with Crippen molar-refractivity contribution in [2.24, 2.45) is 5.92 Å². The molecule has 0 bridgehead atoms. The maximum Gasteiger partial charge on any atom is 0.318 e. The van der Waals surface area contributed by atoms with Crippen LogP contribution >= 0.6 is 0 Å². The number of hydrogen-bond acceptors (Lipinski definition) is 5. The van der Waals surface area contributed by atoms with E-state index >= 15 is 0 Å². The van der Waals surface area contributed by atoms with Crippen molar-refractivity contribution in [2.75, 3.05) is 25.6 Å². The molecular formula is C13H21N3O2. The summed E-state index contributed by atoms with van der Waals surface area (Å²) in [5.41, 5.74) is 0.906. The molecule has 2 rings (SSSR count). The number of hydrogen-bond donors (Lipinski definition) is 1. The lowest BCUT2D eigenvalue weighted by Gasteiger charge is -2.28. The predicted molar refractivity (Wildman–Crippen MR) is 69.9 cm³/mol. The normalized spacial score (nSPS) is 18.4. The number of rotatable bonds is 4. The molecule has 5 heteroatoms. The van der Waals surface area contributed by atoms with Crippen LogP contribution in [0.25, 0.3) is 0 Å². The van der Waals surface area contributed by atoms with Crippen molar-refractivity contribution >= 4 is 5.82 Å². The lowest BCUT2D eigenvalue weighted by Crippen LogP contribution is -2.31. The molecule has 5 nitrogen and oxygen atoms in total. The van der Waals surface area contributed by atoms with E-state index in [0.29, 0.717) is 18.0 Å². The van der Waals surface area contributed by atoms with E-state index in [1.165, 1.54) is 0 Å². The molecule has 0 aliphatic carbocycles. The van der Waals surface area contributed by atoms with Crippen LogP contribution in [0, 0.1) is 12.8 Å². The first kappa shape index (κ1) is 13.1. The van der Waals surface area contributed by atoms with Gasteiger partial charge in [-0.2, -0.15) is 4.98 Å². The summed E-state index contributed by atoms with van der Waals surface area (Å²) >= 11 is 0. The zero-order valence-corrected chi connectivity index (χ0v) is 11.3. The number of methoxy groups -OCH3 is 1. The molecule has 1 saturated heterocycles. The Labute approximate surface area is 108 Å². The average Bonchev–Trinajstić information content (AvgIpc) is 2.39. The molecule has 1 unspecified atom stereocenters. The SMILES string of the molecule is COc1nc(C)cc(NC(C)C2CCOCC2)n1. The largest absolute Gasteiger partial charge is 0.467 e. The molecule has 0 aromatic carbocycles. The fourth-order valence-electron chi connectivity index (χ4n) is 2.27. The summed E-state index contributed by atoms with van der Waals surface area (Å²) < 4.78 is 10.5. The molecule has 1 N–H and O–H groups in total. The van der Waals surface area contributed by atoms with Crippen molar-refractivity contribution in [2.45, 2.75) is 32.7 Å². The summed E-state index contributed by atoms with van der Waals surface area (Å²) in [6.45, 7) is 5.86. The van der Waals surface area contributed by atoms with Gasteiger partial charge in [-0.05, 0) is 32.6 Å². The maximum atomic E-state index is 5.38. The van der Waals surface area contributed by atoms with E-state index in [1.807, 2.05) is 13.0 Å². The molecule has 0 spiro atoms. The highest BCUT2D eigenvalue weighted by molar-refractivity contribution is 5.38. The van der Waals surface area contributed by atoms with E-state index in [0.717, 1.165) is 37.6 Å². The van der Waals surface area contributed by atoms with Crippen LogP contribution in [0.15, 0.2) is 6.07 Å². The topological polar surface area (TPSA) is 56.3 Å². The molecule has 1 aromatic heterocycles. The summed E-state index contributed by atoms with van der Waals surface area (Å²) in [4.78, 5) is 8.49. The fraction of sp³-hybridized carbons (Fsp3) is 0.692. The minimum absolute atomic E-state index is 0.382. The Bertz CT molecular complexity index is 392. The third-order valence-electron chi connectivity index (χ3n) is 3.36. The molecule has 100 valence electrons. The smallest absolute Gasteiger partial charge is 0.318 e. The number of nitrogens with one attached hydrogen (secondary N) is 1. The number of aromatic nitrogens is 2. The quantitative estimate of drug-likeness (QED) is 0.887. The van der Waals surface area contributed by atoms with Gasteiger partial charge in [0.15, 0.2) is 0 Å². The summed E-state index contributed by atoms with van der Waals surface area (Å²) in [5.74, 6) is 1.47. The van der Waals surface area contributed by atoms with Gasteiger partial charge in [0.05, 0.1) is 7.11 Å². The second-order valence-electron chi connectivity index (χ2n) is 4.76. The second kappa shape index (κ2) is 6.00. The Kier molecular flexibility index (Phi) is 4.36. The van der Waals surface area contributed by atoms with Crippen molar-refractivity contribution in [1.29, 1.82) is 0 Å². The summed E-state index contributed by atoms with van der Waals surface area (Å²) in [5, 5.41) is 3.44. The van der Waals surface area contributed by atoms with E-state index in [9.17, 15) is 0 Å². The van der Waals surface area contributed by atoms with Crippen LogP contribution in [0.5, 0.6) is 6.01 Å². The predicted octanol–water partition coefficient (Wildman–Crippen LogP) is 2.02. The second-order valence-corrected chi connectivity index (χ2v) is 4.76. The van der Waals surface area contributed by atoms with Gasteiger partial charge in [0.25, 0.3) is 0 Å². The monoisotopic (exact) mass is 251 g/mol. The fourth-order valence-corrected chi connectivity index (χ4v) is 2.27. The van der Waals surface area contributed by atoms with Gasteiger partial charge >= 0.3 is 6.01 Å². The first-order valence-corrected chi connectivity index (χ1v) is 6.43. The third kappa shape index (κ3) is 3.32. The van der Waals surface area contributed by atoms with Gasteiger partial charge in [0.2, 0.25) is 0 Å². The minimum Gasteiger partial charge on any atom is -0.467 e. The molecule has 1 aromatic rings. The number of ether oxygens (including phenoxy) is 2. The van der Waals surface area contributed by atoms with Crippen molar-refractivity contribution in [3.8, 4) is 6.01 Å². The Morgan fingerprint density at radius 2 is 2.11 bits per heavy atom. The summed E-state index contributed by atoms with van der Waals surface area (Å²) in [6.07, 6.45) is 2.21. The van der Waals surface area contributed by atoms with Gasteiger partial charge in [-0.25, -0.2) is 4.98 Å². The molecule has 1 aliphatic heterocycles. The summed E-state index contributed by atoms with van der Waals surface area (Å²) in [6, 6.07) is 2.74. The van der Waals surface area contributed by atoms with Crippen molar-refractivity contribution in [1.82, 2.24) is 9.97 Å². The van der Waals surface area contributed by atoms with Crippen LogP contribution in [0.2, 0.25) is 0 Å². The van der Waals surface area contributed by atoms with E-state index in [2.05, 4.69) is 22.2 Å². The van der Waals surface area contributed by atoms with Crippen LogP contribution in [0.3, 0.4) is 0 Å². The molecule has 0 saturated carbocycles. The molecule has 0 amide bonds. The zero-order chi connectivity index (χ0) is 13.0. The molecule has 1 atom stereocenters. The Morgan fingerprint density at radius 3 is 2.78 bits per heavy atom. The molecular weight excluding hydrogens is 230 g/mol. The average molecular weight is 251 g/mol. The van der Waals surface area contributed by atoms with Crippen LogP contribution in [-0.4, -0.2) is 36.3 Å². The first-order valence-electron chi connectivity index (χ1n) is 6.43. The first-order chi connectivity index (χ1) is 8.69. The van der Waals surface area contributed by atoms with E-state index in [4.69, 9.17) is 9.47 Å². The van der Waals surface area contributed by atoms with Gasteiger partial charge in [0, 0.05) is 31.0 Å². The molecule has 2 heterocycles. The highest BCUT2D eigenvalue weighted by Crippen LogP contribution is 2.22. The lowest BCUT2D eigenvalue weighted by atomic mass is 9.93. The van der Waals surface area contributed by atoms with Crippen LogP contribution < -0.4 is 10.1 Å². The molecule has 0 radical (unpaired) electrons. The van der Waals surface area contributed by atoms with Crippen LogP contribution in [0.1, 0.15) is 25.5 Å². The van der Waals surface area contributed by atoms with Gasteiger partial charge in [0.1, 0.15) is 5.82 Å². The van der Waals surface area contributed by atoms with Gasteiger partial charge < -0.3 is 14.8 Å². The van der Waals surface area contributed by atoms with Crippen LogP contribution in [0.4, 0.5) is 5.82 Å². The highest BCUT2D eigenvalue weighted by atomic mass is 16.5. The third-order valence-corrected chi connectivity index (χ3v) is 3.36. The van der Waals surface area contributed by atoms with Crippen molar-refractivity contribution < 1.29 is 9.47 Å². The Morgan fingerprint density at radius 1 is 1.39 bits per heavy atom. The van der Waals surface area contributed by atoms with Gasteiger partial charge in [-0.1, -0.05) is 0 Å². The molecule has 1 fully saturated rings. The zero-order valence-electron chi connectivity index (χ0n) is 11.3. The minimum atomic E-state index is 0.382. The van der Waals surface area contributed by atoms with E-state index in [1.54, 1.807) is 7.11 Å². The van der Waals surface area contributed by atoms with Crippen molar-refractivity contribution in [3.05, 3.63) is 11.8 Å². The van der Waals surface area contributed by atoms with E-state index < -0.39 is 0 Å². The Hall–Kier alpha value is -1.36. The molecule has 1 aliphatic rings. The van der Waals surface area contributed by atoms with Gasteiger partial charge in [-0.15, -0.1) is 0 Å². The highest BCUT2D eigenvalue weighted by Gasteiger charge is 2.20. The lowest BCUT2D eigenvalue weighted by molar-refractivity contribution is 0.0622. The summed E-state index contributed by atoms with van der Waals surface area (Å²) in [7, 11) is 1.58. The number of aryl methyl sites for hydroxylation is 1. The molecule has 18 heavy (non-hydrogen) atoms. The van der Waals surface area contributed by atoms with Crippen LogP contribution in [-0.2, 0) is 4.74 Å².